The molecule has 0 unspecified atom stereocenters. The van der Waals surface area contributed by atoms with Gasteiger partial charge >= 0.3 is 5.69 Å². The molecule has 0 bridgehead atoms. The molecule has 2 aromatic rings. The monoisotopic (exact) mass is 344 g/mol. The number of nitro groups is 1. The third-order valence-corrected chi connectivity index (χ3v) is 4.55. The van der Waals surface area contributed by atoms with E-state index >= 15 is 0 Å². The first kappa shape index (κ1) is 16.9. The first-order valence-corrected chi connectivity index (χ1v) is 8.10. The van der Waals surface area contributed by atoms with Gasteiger partial charge in [-0.25, -0.2) is 4.68 Å². The van der Waals surface area contributed by atoms with Gasteiger partial charge in [-0.1, -0.05) is 12.1 Å². The van der Waals surface area contributed by atoms with Gasteiger partial charge in [0.1, 0.15) is 23.2 Å². The molecular formula is C17H20N4O4. The highest BCUT2D eigenvalue weighted by Gasteiger charge is 2.36. The van der Waals surface area contributed by atoms with Crippen LogP contribution in [0.3, 0.4) is 0 Å². The fraction of sp³-hybridized carbons (Fsp3) is 0.412. The number of benzene rings is 1. The lowest BCUT2D eigenvalue weighted by Gasteiger charge is -2.33. The highest BCUT2D eigenvalue weighted by molar-refractivity contribution is 5.98. The number of piperidine rings is 1. The number of rotatable bonds is 4. The number of carbonyl (C=O) groups is 1. The van der Waals surface area contributed by atoms with Gasteiger partial charge in [0.25, 0.3) is 5.91 Å². The Kier molecular flexibility index (Phi) is 4.43. The summed E-state index contributed by atoms with van der Waals surface area (Å²) in [6.07, 6.45) is 1.38. The Hall–Kier alpha value is -2.90. The van der Waals surface area contributed by atoms with Gasteiger partial charge in [0, 0.05) is 6.54 Å². The third kappa shape index (κ3) is 2.84. The number of amides is 1. The summed E-state index contributed by atoms with van der Waals surface area (Å²) in [5, 5.41) is 15.5. The van der Waals surface area contributed by atoms with Gasteiger partial charge < -0.3 is 9.64 Å². The second-order valence-corrected chi connectivity index (χ2v) is 6.04. The van der Waals surface area contributed by atoms with Crippen molar-refractivity contribution in [2.24, 2.45) is 0 Å². The predicted molar refractivity (Wildman–Crippen MR) is 92.0 cm³/mol. The second kappa shape index (κ2) is 6.54. The van der Waals surface area contributed by atoms with E-state index in [4.69, 9.17) is 4.74 Å². The van der Waals surface area contributed by atoms with E-state index < -0.39 is 11.0 Å². The summed E-state index contributed by atoms with van der Waals surface area (Å²) in [5.74, 6) is 0.493. The minimum atomic E-state index is -0.550. The highest BCUT2D eigenvalue weighted by Crippen LogP contribution is 2.35. The zero-order chi connectivity index (χ0) is 18.1. The van der Waals surface area contributed by atoms with E-state index in [9.17, 15) is 14.9 Å². The van der Waals surface area contributed by atoms with Crippen LogP contribution in [0.5, 0.6) is 5.75 Å². The fourth-order valence-corrected chi connectivity index (χ4v) is 3.40. The van der Waals surface area contributed by atoms with Crippen molar-refractivity contribution in [3.05, 3.63) is 45.8 Å². The fourth-order valence-electron chi connectivity index (χ4n) is 3.40. The standard InChI is InChI=1S/C17H20N4O4/c1-11-16(21(23)24)12(2)20(18-11)14-8-6-10-19(17(14)22)13-7-4-5-9-15(13)25-3/h4-5,7,9,14H,6,8,10H2,1-3H3/t14-/m1/s1. The molecule has 0 N–H and O–H groups in total. The molecule has 1 aromatic carbocycles. The van der Waals surface area contributed by atoms with Crippen molar-refractivity contribution in [3.8, 4) is 5.75 Å². The Morgan fingerprint density at radius 3 is 2.68 bits per heavy atom. The molecule has 0 saturated carbocycles. The van der Waals surface area contributed by atoms with E-state index in [1.165, 1.54) is 4.68 Å². The molecule has 25 heavy (non-hydrogen) atoms. The quantitative estimate of drug-likeness (QED) is 0.628. The number of nitrogens with zero attached hydrogens (tertiary/aromatic N) is 4. The maximum atomic E-state index is 13.1. The molecule has 8 nitrogen and oxygen atoms in total. The number of aromatic nitrogens is 2. The average Bonchev–Trinajstić information content (AvgIpc) is 2.89. The zero-order valence-electron chi connectivity index (χ0n) is 14.4. The molecule has 1 saturated heterocycles. The Morgan fingerprint density at radius 2 is 2.04 bits per heavy atom. The Morgan fingerprint density at radius 1 is 1.32 bits per heavy atom. The molecule has 132 valence electrons. The molecule has 8 heteroatoms. The van der Waals surface area contributed by atoms with Crippen LogP contribution in [0.2, 0.25) is 0 Å². The lowest BCUT2D eigenvalue weighted by atomic mass is 10.0. The minimum absolute atomic E-state index is 0.0257. The van der Waals surface area contributed by atoms with Crippen molar-refractivity contribution >= 4 is 17.3 Å². The number of ether oxygens (including phenoxy) is 1. The SMILES string of the molecule is COc1ccccc1N1CCC[C@@H](n2nc(C)c([N+](=O)[O-])c2C)C1=O. The average molecular weight is 344 g/mol. The van der Waals surface area contributed by atoms with Crippen molar-refractivity contribution in [1.29, 1.82) is 0 Å². The van der Waals surface area contributed by atoms with E-state index in [0.717, 1.165) is 6.42 Å². The summed E-state index contributed by atoms with van der Waals surface area (Å²) in [6.45, 7) is 3.80. The summed E-state index contributed by atoms with van der Waals surface area (Å²) < 4.78 is 6.86. The van der Waals surface area contributed by atoms with Gasteiger partial charge in [0.2, 0.25) is 0 Å². The van der Waals surface area contributed by atoms with E-state index in [-0.39, 0.29) is 11.6 Å². The molecule has 2 heterocycles. The number of hydrogen-bond acceptors (Lipinski definition) is 5. The van der Waals surface area contributed by atoms with Crippen LogP contribution in [-0.4, -0.2) is 34.3 Å². The Balaban J connectivity index is 1.99. The molecule has 1 aliphatic rings. The molecule has 1 aliphatic heterocycles. The predicted octanol–water partition coefficient (Wildman–Crippen LogP) is 2.78. The normalized spacial score (nSPS) is 17.6. The maximum Gasteiger partial charge on any atom is 0.312 e. The van der Waals surface area contributed by atoms with E-state index in [1.54, 1.807) is 31.9 Å². The molecule has 0 radical (unpaired) electrons. The molecule has 1 aromatic heterocycles. The maximum absolute atomic E-state index is 13.1. The summed E-state index contributed by atoms with van der Waals surface area (Å²) in [5.41, 5.74) is 1.41. The van der Waals surface area contributed by atoms with E-state index in [0.29, 0.717) is 35.8 Å². The largest absolute Gasteiger partial charge is 0.495 e. The van der Waals surface area contributed by atoms with Gasteiger partial charge in [0.15, 0.2) is 0 Å². The third-order valence-electron chi connectivity index (χ3n) is 4.55. The molecule has 0 aliphatic carbocycles. The Bertz CT molecular complexity index is 830. The lowest BCUT2D eigenvalue weighted by molar-refractivity contribution is -0.386. The number of anilines is 1. The van der Waals surface area contributed by atoms with E-state index in [1.807, 2.05) is 18.2 Å². The van der Waals surface area contributed by atoms with Crippen molar-refractivity contribution in [3.63, 3.8) is 0 Å². The zero-order valence-corrected chi connectivity index (χ0v) is 14.4. The van der Waals surface area contributed by atoms with Crippen LogP contribution in [-0.2, 0) is 4.79 Å². The minimum Gasteiger partial charge on any atom is -0.495 e. The van der Waals surface area contributed by atoms with Crippen molar-refractivity contribution in [2.75, 3.05) is 18.6 Å². The number of para-hydroxylation sites is 2. The smallest absolute Gasteiger partial charge is 0.312 e. The number of methoxy groups -OCH3 is 1. The summed E-state index contributed by atoms with van der Waals surface area (Å²) >= 11 is 0. The van der Waals surface area contributed by atoms with Crippen LogP contribution in [0.1, 0.15) is 30.3 Å². The van der Waals surface area contributed by atoms with E-state index in [2.05, 4.69) is 5.10 Å². The first-order valence-electron chi connectivity index (χ1n) is 8.10. The van der Waals surface area contributed by atoms with Gasteiger partial charge in [-0.2, -0.15) is 5.10 Å². The van der Waals surface area contributed by atoms with Gasteiger partial charge in [-0.3, -0.25) is 14.9 Å². The molecule has 3 rings (SSSR count). The second-order valence-electron chi connectivity index (χ2n) is 6.04. The van der Waals surface area contributed by atoms with Crippen LogP contribution in [0.4, 0.5) is 11.4 Å². The molecule has 1 fully saturated rings. The molecule has 1 amide bonds. The van der Waals surface area contributed by atoms with Crippen LogP contribution in [0, 0.1) is 24.0 Å². The molecular weight excluding hydrogens is 324 g/mol. The van der Waals surface area contributed by atoms with Crippen molar-refractivity contribution < 1.29 is 14.5 Å². The number of hydrogen-bond donors (Lipinski definition) is 0. The van der Waals surface area contributed by atoms with Crippen molar-refractivity contribution in [2.45, 2.75) is 32.7 Å². The van der Waals surface area contributed by atoms with Crippen LogP contribution in [0.15, 0.2) is 24.3 Å². The number of carbonyl (C=O) groups excluding carboxylic acids is 1. The van der Waals surface area contributed by atoms with Crippen LogP contribution >= 0.6 is 0 Å². The topological polar surface area (TPSA) is 90.5 Å². The van der Waals surface area contributed by atoms with Gasteiger partial charge in [-0.05, 0) is 38.8 Å². The van der Waals surface area contributed by atoms with Gasteiger partial charge in [0.05, 0.1) is 17.7 Å². The van der Waals surface area contributed by atoms with Crippen LogP contribution < -0.4 is 9.64 Å². The van der Waals surface area contributed by atoms with Crippen molar-refractivity contribution in [1.82, 2.24) is 9.78 Å². The lowest BCUT2D eigenvalue weighted by Crippen LogP contribution is -2.43. The summed E-state index contributed by atoms with van der Waals surface area (Å²) in [4.78, 5) is 25.5. The first-order chi connectivity index (χ1) is 12.0. The van der Waals surface area contributed by atoms with Crippen LogP contribution in [0.25, 0.3) is 0 Å². The van der Waals surface area contributed by atoms with Gasteiger partial charge in [-0.15, -0.1) is 0 Å². The summed E-state index contributed by atoms with van der Waals surface area (Å²) in [6, 6.07) is 6.79. The molecule has 1 atom stereocenters. The Labute approximate surface area is 145 Å². The summed E-state index contributed by atoms with van der Waals surface area (Å²) in [7, 11) is 1.56. The highest BCUT2D eigenvalue weighted by atomic mass is 16.6. The molecule has 0 spiro atoms. The number of aryl methyl sites for hydroxylation is 1.